The summed E-state index contributed by atoms with van der Waals surface area (Å²) >= 11 is 0. The Kier molecular flexibility index (Phi) is 7.12. The molecule has 0 spiro atoms. The number of benzene rings is 1. The lowest BCUT2D eigenvalue weighted by Crippen LogP contribution is -2.26. The second-order valence-electron chi connectivity index (χ2n) is 5.73. The standard InChI is InChI=1S/C15H19N3O.CH4O3S/c1-10-3-5-12-6-4-11(2)14(8-13(12)7-10)15(19)17-9-18-16;1-5(2,3)4/h3,5,7-9,11H,4,6,16H2,1-2H3,(H,17,18,19);1H3,(H,2,3,4). The molecule has 1 aromatic carbocycles. The molecule has 0 saturated heterocycles. The highest BCUT2D eigenvalue weighted by atomic mass is 32.2. The van der Waals surface area contributed by atoms with Crippen molar-refractivity contribution in [3.63, 3.8) is 0 Å². The highest BCUT2D eigenvalue weighted by Gasteiger charge is 2.20. The number of hydrogen-bond donors (Lipinski definition) is 3. The molecule has 0 heterocycles. The third-order valence-corrected chi connectivity index (χ3v) is 3.52. The van der Waals surface area contributed by atoms with Gasteiger partial charge in [0.1, 0.15) is 6.34 Å². The number of nitrogens with two attached hydrogens (primary N) is 1. The van der Waals surface area contributed by atoms with E-state index in [1.54, 1.807) is 0 Å². The maximum Gasteiger partial charge on any atom is 0.261 e. The van der Waals surface area contributed by atoms with Gasteiger partial charge in [-0.3, -0.25) is 9.35 Å². The summed E-state index contributed by atoms with van der Waals surface area (Å²) in [6.45, 7) is 4.13. The van der Waals surface area contributed by atoms with Gasteiger partial charge in [-0.2, -0.15) is 13.5 Å². The Labute approximate surface area is 142 Å². The van der Waals surface area contributed by atoms with Crippen LogP contribution >= 0.6 is 0 Å². The fourth-order valence-electron chi connectivity index (χ4n) is 2.38. The van der Waals surface area contributed by atoms with Crippen LogP contribution in [0.2, 0.25) is 0 Å². The van der Waals surface area contributed by atoms with Crippen LogP contribution in [0, 0.1) is 12.8 Å². The molecule has 1 aliphatic carbocycles. The molecule has 0 fully saturated rings. The lowest BCUT2D eigenvalue weighted by Gasteiger charge is -2.11. The summed E-state index contributed by atoms with van der Waals surface area (Å²) in [6.07, 6.45) is 5.88. The Morgan fingerprint density at radius 3 is 2.67 bits per heavy atom. The molecule has 1 aromatic rings. The van der Waals surface area contributed by atoms with Gasteiger partial charge < -0.3 is 11.2 Å². The molecule has 0 saturated carbocycles. The molecular weight excluding hydrogens is 330 g/mol. The number of carbonyl (C=O) groups is 1. The van der Waals surface area contributed by atoms with Crippen molar-refractivity contribution in [2.45, 2.75) is 26.7 Å². The van der Waals surface area contributed by atoms with Crippen LogP contribution in [-0.4, -0.2) is 31.5 Å². The van der Waals surface area contributed by atoms with Crippen molar-refractivity contribution in [2.24, 2.45) is 16.9 Å². The minimum atomic E-state index is -3.67. The molecule has 1 atom stereocenters. The molecule has 0 bridgehead atoms. The summed E-state index contributed by atoms with van der Waals surface area (Å²) in [5, 5.41) is 5.88. The average molecular weight is 353 g/mol. The highest BCUT2D eigenvalue weighted by Crippen LogP contribution is 2.28. The van der Waals surface area contributed by atoms with E-state index in [9.17, 15) is 13.2 Å². The molecule has 2 rings (SSSR count). The minimum Gasteiger partial charge on any atom is -0.322 e. The van der Waals surface area contributed by atoms with Crippen molar-refractivity contribution in [2.75, 3.05) is 6.26 Å². The van der Waals surface area contributed by atoms with Crippen molar-refractivity contribution in [1.29, 1.82) is 0 Å². The third kappa shape index (κ3) is 6.93. The van der Waals surface area contributed by atoms with Gasteiger partial charge in [0.25, 0.3) is 16.0 Å². The first-order valence-corrected chi connectivity index (χ1v) is 9.22. The summed E-state index contributed by atoms with van der Waals surface area (Å²) in [7, 11) is -3.67. The van der Waals surface area contributed by atoms with Crippen LogP contribution in [0.4, 0.5) is 0 Å². The van der Waals surface area contributed by atoms with Gasteiger partial charge in [0.2, 0.25) is 0 Å². The van der Waals surface area contributed by atoms with Crippen molar-refractivity contribution < 1.29 is 17.8 Å². The van der Waals surface area contributed by atoms with Gasteiger partial charge in [-0.25, -0.2) is 0 Å². The number of rotatable bonds is 2. The Hall–Kier alpha value is -2.19. The fraction of sp³-hybridized carbons (Fsp3) is 0.375. The smallest absolute Gasteiger partial charge is 0.261 e. The molecular formula is C16H23N3O4S. The van der Waals surface area contributed by atoms with Crippen molar-refractivity contribution in [3.05, 3.63) is 40.5 Å². The van der Waals surface area contributed by atoms with Crippen LogP contribution in [0.25, 0.3) is 6.08 Å². The summed E-state index contributed by atoms with van der Waals surface area (Å²) in [5.74, 6) is 5.10. The van der Waals surface area contributed by atoms with E-state index in [-0.39, 0.29) is 11.8 Å². The zero-order valence-corrected chi connectivity index (χ0v) is 14.8. The van der Waals surface area contributed by atoms with Crippen molar-refractivity contribution in [3.8, 4) is 0 Å². The summed E-state index contributed by atoms with van der Waals surface area (Å²) < 4.78 is 25.9. The van der Waals surface area contributed by atoms with E-state index >= 15 is 0 Å². The van der Waals surface area contributed by atoms with E-state index in [1.165, 1.54) is 17.5 Å². The topological polar surface area (TPSA) is 122 Å². The Balaban J connectivity index is 0.000000505. The van der Waals surface area contributed by atoms with E-state index in [4.69, 9.17) is 10.4 Å². The van der Waals surface area contributed by atoms with E-state index in [1.807, 2.05) is 6.08 Å². The largest absolute Gasteiger partial charge is 0.322 e. The first-order chi connectivity index (χ1) is 11.1. The van der Waals surface area contributed by atoms with Gasteiger partial charge >= 0.3 is 0 Å². The molecule has 24 heavy (non-hydrogen) atoms. The lowest BCUT2D eigenvalue weighted by molar-refractivity contribution is -0.116. The molecule has 7 nitrogen and oxygen atoms in total. The molecule has 0 aromatic heterocycles. The fourth-order valence-corrected chi connectivity index (χ4v) is 2.38. The first-order valence-electron chi connectivity index (χ1n) is 7.38. The van der Waals surface area contributed by atoms with Gasteiger partial charge in [-0.1, -0.05) is 30.7 Å². The Morgan fingerprint density at radius 1 is 1.46 bits per heavy atom. The molecule has 0 radical (unpaired) electrons. The van der Waals surface area contributed by atoms with Crippen LogP contribution in [0.15, 0.2) is 28.9 Å². The van der Waals surface area contributed by atoms with E-state index < -0.39 is 10.1 Å². The average Bonchev–Trinajstić information content (AvgIpc) is 2.62. The summed E-state index contributed by atoms with van der Waals surface area (Å²) in [5.41, 5.74) is 4.42. The number of carbonyl (C=O) groups excluding carboxylic acids is 1. The van der Waals surface area contributed by atoms with Gasteiger partial charge in [0.05, 0.1) is 6.26 Å². The van der Waals surface area contributed by atoms with Gasteiger partial charge in [-0.15, -0.1) is 0 Å². The van der Waals surface area contributed by atoms with E-state index in [0.717, 1.165) is 24.0 Å². The normalized spacial score (nSPS) is 17.2. The SMILES string of the molecule is CS(=O)(=O)O.Cc1ccc2c(c1)C=C(C(=O)NC=NN)C(C)CC2. The molecule has 1 unspecified atom stereocenters. The second kappa shape index (κ2) is 8.60. The Morgan fingerprint density at radius 2 is 2.08 bits per heavy atom. The maximum absolute atomic E-state index is 12.1. The number of aryl methyl sites for hydroxylation is 2. The zero-order valence-electron chi connectivity index (χ0n) is 14.0. The van der Waals surface area contributed by atoms with Gasteiger partial charge in [0, 0.05) is 5.57 Å². The van der Waals surface area contributed by atoms with E-state index in [2.05, 4.69) is 42.5 Å². The van der Waals surface area contributed by atoms with Crippen LogP contribution in [0.1, 0.15) is 30.0 Å². The van der Waals surface area contributed by atoms with E-state index in [0.29, 0.717) is 6.26 Å². The number of nitrogens with one attached hydrogen (secondary N) is 1. The molecule has 0 aliphatic heterocycles. The maximum atomic E-state index is 12.1. The molecule has 132 valence electrons. The molecule has 4 N–H and O–H groups in total. The summed E-state index contributed by atoms with van der Waals surface area (Å²) in [6, 6.07) is 6.39. The van der Waals surface area contributed by atoms with Crippen LogP contribution in [-0.2, 0) is 21.3 Å². The first kappa shape index (κ1) is 19.9. The highest BCUT2D eigenvalue weighted by molar-refractivity contribution is 7.85. The lowest BCUT2D eigenvalue weighted by atomic mass is 9.96. The van der Waals surface area contributed by atoms with Crippen molar-refractivity contribution in [1.82, 2.24) is 5.32 Å². The van der Waals surface area contributed by atoms with Gasteiger partial charge in [0.15, 0.2) is 0 Å². The summed E-state index contributed by atoms with van der Waals surface area (Å²) in [4.78, 5) is 12.1. The number of nitrogens with zero attached hydrogens (tertiary/aromatic N) is 1. The van der Waals surface area contributed by atoms with Gasteiger partial charge in [-0.05, 0) is 42.9 Å². The number of fused-ring (bicyclic) bond motifs is 1. The molecule has 1 aliphatic rings. The monoisotopic (exact) mass is 353 g/mol. The number of amides is 1. The predicted molar refractivity (Wildman–Crippen MR) is 94.9 cm³/mol. The minimum absolute atomic E-state index is 0.129. The van der Waals surface area contributed by atoms with Crippen LogP contribution in [0.3, 0.4) is 0 Å². The van der Waals surface area contributed by atoms with Crippen LogP contribution < -0.4 is 11.2 Å². The third-order valence-electron chi connectivity index (χ3n) is 3.52. The van der Waals surface area contributed by atoms with Crippen LogP contribution in [0.5, 0.6) is 0 Å². The number of hydrogen-bond acceptors (Lipinski definition) is 5. The zero-order chi connectivity index (χ0) is 18.3. The predicted octanol–water partition coefficient (Wildman–Crippen LogP) is 1.48. The second-order valence-corrected chi connectivity index (χ2v) is 7.19. The quantitative estimate of drug-likeness (QED) is 0.244. The Bertz CT molecular complexity index is 747. The number of hydrazone groups is 1. The van der Waals surface area contributed by atoms with Crippen molar-refractivity contribution >= 4 is 28.4 Å². The molecule has 8 heteroatoms. The molecule has 1 amide bonds.